The molecule has 0 bridgehead atoms. The molecule has 0 radical (unpaired) electrons. The lowest BCUT2D eigenvalue weighted by Crippen LogP contribution is -2.44. The van der Waals surface area contributed by atoms with Crippen molar-refractivity contribution in [1.82, 2.24) is 25.3 Å². The minimum atomic E-state index is -0.303. The molecule has 2 aromatic heterocycles. The highest BCUT2D eigenvalue weighted by atomic mass is 16.5. The molecular weight excluding hydrogens is 378 g/mol. The van der Waals surface area contributed by atoms with Gasteiger partial charge in [0.05, 0.1) is 12.0 Å². The van der Waals surface area contributed by atoms with Crippen molar-refractivity contribution in [3.8, 4) is 11.4 Å². The van der Waals surface area contributed by atoms with Crippen LogP contribution in [0.5, 0.6) is 0 Å². The molecule has 5 rings (SSSR count). The number of pyridine rings is 1. The first-order valence-electron chi connectivity index (χ1n) is 10.5. The van der Waals surface area contributed by atoms with Gasteiger partial charge in [-0.1, -0.05) is 41.9 Å². The Bertz CT molecular complexity index is 1010. The molecule has 154 valence electrons. The van der Waals surface area contributed by atoms with Gasteiger partial charge in [0.1, 0.15) is 0 Å². The third-order valence-corrected chi connectivity index (χ3v) is 6.45. The van der Waals surface area contributed by atoms with E-state index < -0.39 is 0 Å². The zero-order chi connectivity index (χ0) is 20.4. The Balaban J connectivity index is 1.23. The fourth-order valence-electron chi connectivity index (χ4n) is 5.00. The maximum absolute atomic E-state index is 13.3. The second-order valence-electron chi connectivity index (χ2n) is 8.33. The Labute approximate surface area is 175 Å². The summed E-state index contributed by atoms with van der Waals surface area (Å²) in [5, 5.41) is 7.09. The predicted molar refractivity (Wildman–Crippen MR) is 111 cm³/mol. The third kappa shape index (κ3) is 3.61. The van der Waals surface area contributed by atoms with Crippen LogP contribution in [0, 0.1) is 11.3 Å². The van der Waals surface area contributed by atoms with E-state index in [1.54, 1.807) is 12.4 Å². The number of benzene rings is 1. The molecule has 0 spiro atoms. The average molecular weight is 403 g/mol. The van der Waals surface area contributed by atoms with Crippen LogP contribution in [0.4, 0.5) is 0 Å². The van der Waals surface area contributed by atoms with Crippen LogP contribution in [0.15, 0.2) is 59.4 Å². The molecule has 2 atom stereocenters. The van der Waals surface area contributed by atoms with Gasteiger partial charge in [0.15, 0.2) is 0 Å². The van der Waals surface area contributed by atoms with E-state index in [2.05, 4.69) is 49.6 Å². The Morgan fingerprint density at radius 1 is 1.20 bits per heavy atom. The Morgan fingerprint density at radius 3 is 2.87 bits per heavy atom. The molecule has 2 fully saturated rings. The number of aromatic nitrogens is 3. The Kier molecular flexibility index (Phi) is 5.04. The number of nitrogens with zero attached hydrogens (tertiary/aromatic N) is 4. The molecule has 0 unspecified atom stereocenters. The summed E-state index contributed by atoms with van der Waals surface area (Å²) in [6.45, 7) is 2.94. The van der Waals surface area contributed by atoms with E-state index in [9.17, 15) is 4.79 Å². The van der Waals surface area contributed by atoms with Gasteiger partial charge in [-0.05, 0) is 36.5 Å². The number of amides is 1. The van der Waals surface area contributed by atoms with Gasteiger partial charge in [0.25, 0.3) is 0 Å². The quantitative estimate of drug-likeness (QED) is 0.681. The average Bonchev–Trinajstić information content (AvgIpc) is 3.48. The SMILES string of the molecule is O=C(NCc1nc(-c2ccncc2)no1)[C@@]12CCC[C@@H]1CN(Cc1ccccc1)C2. The van der Waals surface area contributed by atoms with E-state index in [4.69, 9.17) is 4.52 Å². The molecule has 7 heteroatoms. The molecule has 1 saturated heterocycles. The topological polar surface area (TPSA) is 84.2 Å². The summed E-state index contributed by atoms with van der Waals surface area (Å²) in [5.41, 5.74) is 1.83. The fraction of sp³-hybridized carbons (Fsp3) is 0.391. The van der Waals surface area contributed by atoms with Crippen LogP contribution in [0.3, 0.4) is 0 Å². The van der Waals surface area contributed by atoms with Crippen molar-refractivity contribution in [1.29, 1.82) is 0 Å². The zero-order valence-electron chi connectivity index (χ0n) is 16.8. The molecule has 1 aromatic carbocycles. The molecule has 1 N–H and O–H groups in total. The lowest BCUT2D eigenvalue weighted by atomic mass is 9.80. The van der Waals surface area contributed by atoms with Crippen LogP contribution in [0.25, 0.3) is 11.4 Å². The molecule has 2 aliphatic rings. The fourth-order valence-corrected chi connectivity index (χ4v) is 5.00. The highest BCUT2D eigenvalue weighted by molar-refractivity contribution is 5.84. The van der Waals surface area contributed by atoms with Gasteiger partial charge in [0.2, 0.25) is 17.6 Å². The monoisotopic (exact) mass is 403 g/mol. The lowest BCUT2D eigenvalue weighted by Gasteiger charge is -2.27. The molecule has 30 heavy (non-hydrogen) atoms. The summed E-state index contributed by atoms with van der Waals surface area (Å²) in [7, 11) is 0. The number of fused-ring (bicyclic) bond motifs is 1. The maximum atomic E-state index is 13.3. The van der Waals surface area contributed by atoms with E-state index in [1.807, 2.05) is 18.2 Å². The maximum Gasteiger partial charge on any atom is 0.246 e. The Morgan fingerprint density at radius 2 is 2.03 bits per heavy atom. The molecule has 3 heterocycles. The summed E-state index contributed by atoms with van der Waals surface area (Å²) in [6, 6.07) is 14.1. The van der Waals surface area contributed by atoms with E-state index in [-0.39, 0.29) is 17.9 Å². The van der Waals surface area contributed by atoms with Crippen molar-refractivity contribution < 1.29 is 9.32 Å². The number of carbonyl (C=O) groups is 1. The molecule has 1 aliphatic carbocycles. The van der Waals surface area contributed by atoms with E-state index in [0.717, 1.165) is 44.5 Å². The van der Waals surface area contributed by atoms with Gasteiger partial charge in [-0.3, -0.25) is 14.7 Å². The van der Waals surface area contributed by atoms with Crippen LogP contribution in [-0.2, 0) is 17.9 Å². The van der Waals surface area contributed by atoms with E-state index in [1.165, 1.54) is 5.56 Å². The van der Waals surface area contributed by atoms with Gasteiger partial charge < -0.3 is 9.84 Å². The van der Waals surface area contributed by atoms with Crippen LogP contribution >= 0.6 is 0 Å². The summed E-state index contributed by atoms with van der Waals surface area (Å²) in [5.74, 6) is 1.45. The zero-order valence-corrected chi connectivity index (χ0v) is 16.8. The van der Waals surface area contributed by atoms with Crippen LogP contribution in [-0.4, -0.2) is 39.0 Å². The van der Waals surface area contributed by atoms with Crippen molar-refractivity contribution in [3.63, 3.8) is 0 Å². The third-order valence-electron chi connectivity index (χ3n) is 6.45. The standard InChI is InChI=1S/C23H25N5O2/c29-22(25-13-20-26-21(27-30-20)18-8-11-24-12-9-18)23-10-4-7-19(23)15-28(16-23)14-17-5-2-1-3-6-17/h1-3,5-6,8-9,11-12,19H,4,7,10,13-16H2,(H,25,29)/t19-,23-/m1/s1. The number of rotatable bonds is 6. The van der Waals surface area contributed by atoms with Gasteiger partial charge >= 0.3 is 0 Å². The smallest absolute Gasteiger partial charge is 0.246 e. The van der Waals surface area contributed by atoms with Crippen molar-refractivity contribution in [3.05, 3.63) is 66.3 Å². The van der Waals surface area contributed by atoms with Gasteiger partial charge in [0, 0.05) is 37.6 Å². The lowest BCUT2D eigenvalue weighted by molar-refractivity contribution is -0.131. The molecule has 7 nitrogen and oxygen atoms in total. The van der Waals surface area contributed by atoms with Crippen LogP contribution in [0.2, 0.25) is 0 Å². The van der Waals surface area contributed by atoms with Gasteiger partial charge in [-0.15, -0.1) is 0 Å². The number of carbonyl (C=O) groups excluding carboxylic acids is 1. The van der Waals surface area contributed by atoms with Crippen LogP contribution in [0.1, 0.15) is 30.7 Å². The molecule has 1 saturated carbocycles. The first-order chi connectivity index (χ1) is 14.7. The molecule has 3 aromatic rings. The first-order valence-corrected chi connectivity index (χ1v) is 10.5. The second kappa shape index (κ2) is 7.99. The first kappa shape index (κ1) is 18.9. The summed E-state index contributed by atoms with van der Waals surface area (Å²) >= 11 is 0. The summed E-state index contributed by atoms with van der Waals surface area (Å²) in [6.07, 6.45) is 6.55. The molecule has 1 amide bonds. The van der Waals surface area contributed by atoms with Crippen LogP contribution < -0.4 is 5.32 Å². The summed E-state index contributed by atoms with van der Waals surface area (Å²) < 4.78 is 5.33. The molecular formula is C23H25N5O2. The van der Waals surface area contributed by atoms with Crippen molar-refractivity contribution in [2.45, 2.75) is 32.4 Å². The van der Waals surface area contributed by atoms with E-state index in [0.29, 0.717) is 17.6 Å². The Hall–Kier alpha value is -3.06. The summed E-state index contributed by atoms with van der Waals surface area (Å²) in [4.78, 5) is 24.1. The predicted octanol–water partition coefficient (Wildman–Crippen LogP) is 3.05. The van der Waals surface area contributed by atoms with Gasteiger partial charge in [-0.25, -0.2) is 0 Å². The molecule has 1 aliphatic heterocycles. The van der Waals surface area contributed by atoms with E-state index >= 15 is 0 Å². The largest absolute Gasteiger partial charge is 0.346 e. The number of likely N-dealkylation sites (tertiary alicyclic amines) is 1. The minimum Gasteiger partial charge on any atom is -0.346 e. The number of hydrogen-bond donors (Lipinski definition) is 1. The van der Waals surface area contributed by atoms with Crippen molar-refractivity contribution >= 4 is 5.91 Å². The van der Waals surface area contributed by atoms with Gasteiger partial charge in [-0.2, -0.15) is 4.98 Å². The normalized spacial score (nSPS) is 23.4. The highest BCUT2D eigenvalue weighted by Crippen LogP contribution is 2.49. The van der Waals surface area contributed by atoms with Crippen molar-refractivity contribution in [2.75, 3.05) is 13.1 Å². The second-order valence-corrected chi connectivity index (χ2v) is 8.33. The highest BCUT2D eigenvalue weighted by Gasteiger charge is 2.54. The van der Waals surface area contributed by atoms with Crippen molar-refractivity contribution in [2.24, 2.45) is 11.3 Å². The number of nitrogens with one attached hydrogen (secondary N) is 1. The minimum absolute atomic E-state index is 0.115. The number of hydrogen-bond acceptors (Lipinski definition) is 6.